The maximum absolute atomic E-state index is 11.8. The maximum Gasteiger partial charge on any atom is 0.328 e. The first kappa shape index (κ1) is 14.0. The Labute approximate surface area is 103 Å². The molecule has 4 nitrogen and oxygen atoms in total. The van der Waals surface area contributed by atoms with Gasteiger partial charge in [-0.3, -0.25) is 4.79 Å². The fourth-order valence-corrected chi connectivity index (χ4v) is 1.68. The van der Waals surface area contributed by atoms with Crippen LogP contribution in [0.4, 0.5) is 0 Å². The number of ether oxygens (including phenoxy) is 1. The van der Waals surface area contributed by atoms with Crippen LogP contribution in [0.5, 0.6) is 0 Å². The molecule has 0 aliphatic heterocycles. The van der Waals surface area contributed by atoms with Crippen molar-refractivity contribution >= 4 is 11.9 Å². The molecule has 1 fully saturated rings. The number of nitrogens with one attached hydrogen (secondary N) is 1. The maximum atomic E-state index is 11.8. The van der Waals surface area contributed by atoms with E-state index < -0.39 is 11.6 Å². The predicted molar refractivity (Wildman–Crippen MR) is 65.3 cm³/mol. The molecule has 1 amide bonds. The molecule has 0 saturated heterocycles. The molecule has 17 heavy (non-hydrogen) atoms. The Bertz CT molecular complexity index is 328. The molecule has 1 rings (SSSR count). The van der Waals surface area contributed by atoms with E-state index >= 15 is 0 Å². The van der Waals surface area contributed by atoms with E-state index in [0.29, 0.717) is 0 Å². The van der Waals surface area contributed by atoms with Crippen molar-refractivity contribution in [3.8, 4) is 0 Å². The van der Waals surface area contributed by atoms with Crippen molar-refractivity contribution < 1.29 is 14.3 Å². The third kappa shape index (κ3) is 4.02. The highest BCUT2D eigenvalue weighted by Gasteiger charge is 2.50. The van der Waals surface area contributed by atoms with E-state index in [1.54, 1.807) is 6.92 Å². The minimum atomic E-state index is -0.585. The van der Waals surface area contributed by atoms with E-state index in [9.17, 15) is 9.59 Å². The first-order valence-corrected chi connectivity index (χ1v) is 6.06. The summed E-state index contributed by atoms with van der Waals surface area (Å²) in [6, 6.07) is -0.585. The summed E-state index contributed by atoms with van der Waals surface area (Å²) < 4.78 is 5.20. The zero-order chi connectivity index (χ0) is 13.4. The number of amides is 1. The molecule has 4 heteroatoms. The second-order valence-electron chi connectivity index (χ2n) is 6.51. The third-order valence-electron chi connectivity index (χ3n) is 2.95. The molecular formula is C13H23NO3. The number of carbonyl (C=O) groups excluding carboxylic acids is 2. The summed E-state index contributed by atoms with van der Waals surface area (Å²) >= 11 is 0. The zero-order valence-corrected chi connectivity index (χ0v) is 11.6. The van der Waals surface area contributed by atoms with Gasteiger partial charge in [-0.05, 0) is 39.5 Å². The van der Waals surface area contributed by atoms with Gasteiger partial charge in [0.1, 0.15) is 11.6 Å². The molecule has 1 N–H and O–H groups in total. The van der Waals surface area contributed by atoms with Crippen LogP contribution in [0.1, 0.15) is 48.0 Å². The minimum Gasteiger partial charge on any atom is -0.458 e. The molecule has 0 aromatic carbocycles. The lowest BCUT2D eigenvalue weighted by molar-refractivity contribution is -0.158. The van der Waals surface area contributed by atoms with Gasteiger partial charge in [0, 0.05) is 5.92 Å². The summed E-state index contributed by atoms with van der Waals surface area (Å²) in [5, 5.41) is 2.71. The fraction of sp³-hybridized carbons (Fsp3) is 0.846. The zero-order valence-electron chi connectivity index (χ0n) is 11.6. The molecular weight excluding hydrogens is 218 g/mol. The van der Waals surface area contributed by atoms with Crippen LogP contribution in [-0.2, 0) is 14.3 Å². The Morgan fingerprint density at radius 2 is 1.82 bits per heavy atom. The fourth-order valence-electron chi connectivity index (χ4n) is 1.68. The molecule has 1 unspecified atom stereocenters. The van der Waals surface area contributed by atoms with E-state index in [1.165, 1.54) is 0 Å². The van der Waals surface area contributed by atoms with Crippen LogP contribution in [0.25, 0.3) is 0 Å². The predicted octanol–water partition coefficient (Wildman–Crippen LogP) is 1.88. The van der Waals surface area contributed by atoms with Gasteiger partial charge in [0.25, 0.3) is 0 Å². The summed E-state index contributed by atoms with van der Waals surface area (Å²) in [7, 11) is 0. The SMILES string of the molecule is C[C@@H](NC(=O)C1CC1(C)C)C(=O)OC(C)(C)C. The van der Waals surface area contributed by atoms with Crippen molar-refractivity contribution in [1.29, 1.82) is 0 Å². The average Bonchev–Trinajstić information content (AvgIpc) is 2.72. The molecule has 0 radical (unpaired) electrons. The van der Waals surface area contributed by atoms with Gasteiger partial charge in [-0.15, -0.1) is 0 Å². The van der Waals surface area contributed by atoms with Gasteiger partial charge in [-0.25, -0.2) is 4.79 Å². The number of hydrogen-bond donors (Lipinski definition) is 1. The number of carbonyl (C=O) groups is 2. The summed E-state index contributed by atoms with van der Waals surface area (Å²) in [4.78, 5) is 23.4. The largest absolute Gasteiger partial charge is 0.458 e. The molecule has 0 aromatic heterocycles. The van der Waals surface area contributed by atoms with E-state index in [1.807, 2.05) is 20.8 Å². The Hall–Kier alpha value is -1.06. The van der Waals surface area contributed by atoms with Crippen LogP contribution in [0.15, 0.2) is 0 Å². The summed E-state index contributed by atoms with van der Waals surface area (Å²) in [6.45, 7) is 11.2. The van der Waals surface area contributed by atoms with Crippen LogP contribution in [0.2, 0.25) is 0 Å². The van der Waals surface area contributed by atoms with Gasteiger partial charge in [0.2, 0.25) is 5.91 Å². The number of rotatable bonds is 3. The van der Waals surface area contributed by atoms with Gasteiger partial charge in [0.05, 0.1) is 0 Å². The Kier molecular flexibility index (Phi) is 3.55. The van der Waals surface area contributed by atoms with Crippen molar-refractivity contribution in [2.45, 2.75) is 59.6 Å². The third-order valence-corrected chi connectivity index (χ3v) is 2.95. The number of esters is 1. The van der Waals surface area contributed by atoms with Gasteiger partial charge < -0.3 is 10.1 Å². The van der Waals surface area contributed by atoms with E-state index in [0.717, 1.165) is 6.42 Å². The minimum absolute atomic E-state index is 0.0346. The number of hydrogen-bond acceptors (Lipinski definition) is 3. The van der Waals surface area contributed by atoms with E-state index in [2.05, 4.69) is 19.2 Å². The summed E-state index contributed by atoms with van der Waals surface area (Å²) in [6.07, 6.45) is 0.889. The summed E-state index contributed by atoms with van der Waals surface area (Å²) in [5.41, 5.74) is -0.438. The molecule has 98 valence electrons. The van der Waals surface area contributed by atoms with E-state index in [4.69, 9.17) is 4.74 Å². The van der Waals surface area contributed by atoms with Crippen LogP contribution in [0, 0.1) is 11.3 Å². The van der Waals surface area contributed by atoms with Crippen molar-refractivity contribution in [2.24, 2.45) is 11.3 Å². The average molecular weight is 241 g/mol. The standard InChI is InChI=1S/C13H23NO3/c1-8(11(16)17-12(2,3)4)14-10(15)9-7-13(9,5)6/h8-9H,7H2,1-6H3,(H,14,15)/t8-,9?/m1/s1. The summed E-state index contributed by atoms with van der Waals surface area (Å²) in [5.74, 6) is -0.398. The Balaban J connectivity index is 2.42. The Morgan fingerprint density at radius 3 is 2.18 bits per heavy atom. The van der Waals surface area contributed by atoms with Gasteiger partial charge >= 0.3 is 5.97 Å². The molecule has 0 aromatic rings. The highest BCUT2D eigenvalue weighted by atomic mass is 16.6. The highest BCUT2D eigenvalue weighted by molar-refractivity contribution is 5.87. The van der Waals surface area contributed by atoms with Crippen LogP contribution >= 0.6 is 0 Å². The van der Waals surface area contributed by atoms with Crippen molar-refractivity contribution in [3.63, 3.8) is 0 Å². The normalized spacial score (nSPS) is 23.8. The van der Waals surface area contributed by atoms with Gasteiger partial charge in [0.15, 0.2) is 0 Å². The smallest absolute Gasteiger partial charge is 0.328 e. The lowest BCUT2D eigenvalue weighted by Crippen LogP contribution is -2.43. The molecule has 0 bridgehead atoms. The van der Waals surface area contributed by atoms with E-state index in [-0.39, 0.29) is 23.2 Å². The van der Waals surface area contributed by atoms with Crippen LogP contribution < -0.4 is 5.32 Å². The van der Waals surface area contributed by atoms with Crippen LogP contribution in [-0.4, -0.2) is 23.5 Å². The lowest BCUT2D eigenvalue weighted by Gasteiger charge is -2.22. The van der Waals surface area contributed by atoms with Crippen molar-refractivity contribution in [3.05, 3.63) is 0 Å². The Morgan fingerprint density at radius 1 is 1.35 bits per heavy atom. The van der Waals surface area contributed by atoms with Crippen molar-refractivity contribution in [1.82, 2.24) is 5.32 Å². The van der Waals surface area contributed by atoms with Gasteiger partial charge in [-0.2, -0.15) is 0 Å². The lowest BCUT2D eigenvalue weighted by atomic mass is 10.1. The molecule has 0 spiro atoms. The molecule has 1 saturated carbocycles. The first-order valence-electron chi connectivity index (χ1n) is 6.06. The monoisotopic (exact) mass is 241 g/mol. The van der Waals surface area contributed by atoms with Crippen molar-refractivity contribution in [2.75, 3.05) is 0 Å². The first-order chi connectivity index (χ1) is 7.53. The van der Waals surface area contributed by atoms with Gasteiger partial charge in [-0.1, -0.05) is 13.8 Å². The van der Waals surface area contributed by atoms with Crippen LogP contribution in [0.3, 0.4) is 0 Å². The molecule has 0 heterocycles. The molecule has 2 atom stereocenters. The second kappa shape index (κ2) is 4.31. The topological polar surface area (TPSA) is 55.4 Å². The highest BCUT2D eigenvalue weighted by Crippen LogP contribution is 2.51. The quantitative estimate of drug-likeness (QED) is 0.767. The molecule has 1 aliphatic rings. The second-order valence-corrected chi connectivity index (χ2v) is 6.51. The molecule has 1 aliphatic carbocycles.